The molecule has 1 saturated carbocycles. The summed E-state index contributed by atoms with van der Waals surface area (Å²) in [6.07, 6.45) is 0.829. The van der Waals surface area contributed by atoms with E-state index in [1.54, 1.807) is 12.1 Å². The van der Waals surface area contributed by atoms with Gasteiger partial charge in [-0.1, -0.05) is 65.7 Å². The quantitative estimate of drug-likeness (QED) is 0.524. The molecule has 6 rings (SSSR count). The molecule has 3 aromatic rings. The lowest BCUT2D eigenvalue weighted by Crippen LogP contribution is -2.36. The zero-order valence-corrected chi connectivity index (χ0v) is 19.9. The number of imide groups is 1. The van der Waals surface area contributed by atoms with Crippen LogP contribution in [0.2, 0.25) is 0 Å². The predicted molar refractivity (Wildman–Crippen MR) is 132 cm³/mol. The van der Waals surface area contributed by atoms with E-state index in [0.717, 1.165) is 22.3 Å². The first-order chi connectivity index (χ1) is 18.0. The normalized spacial score (nSPS) is 19.8. The van der Waals surface area contributed by atoms with Gasteiger partial charge in [0.2, 0.25) is 0 Å². The summed E-state index contributed by atoms with van der Waals surface area (Å²) in [5.74, 6) is -2.54. The number of hydrogen-bond acceptors (Lipinski definition) is 6. The highest BCUT2D eigenvalue weighted by Gasteiger charge is 2.41. The Morgan fingerprint density at radius 1 is 0.784 bits per heavy atom. The number of carbonyl (C=O) groups is 4. The second-order valence-corrected chi connectivity index (χ2v) is 9.54. The fraction of sp³-hybridized carbons (Fsp3) is 0.241. The molecule has 2 aliphatic carbocycles. The van der Waals surface area contributed by atoms with Crippen LogP contribution in [0, 0.1) is 5.92 Å². The van der Waals surface area contributed by atoms with E-state index >= 15 is 0 Å². The summed E-state index contributed by atoms with van der Waals surface area (Å²) in [5.41, 5.74) is 4.99. The molecule has 186 valence electrons. The van der Waals surface area contributed by atoms with Gasteiger partial charge in [-0.2, -0.15) is 0 Å². The third-order valence-electron chi connectivity index (χ3n) is 7.37. The van der Waals surface area contributed by atoms with Gasteiger partial charge in [0.1, 0.15) is 6.61 Å². The molecule has 0 spiro atoms. The molecule has 0 unspecified atom stereocenters. The summed E-state index contributed by atoms with van der Waals surface area (Å²) in [6, 6.07) is 22.3. The number of benzene rings is 3. The van der Waals surface area contributed by atoms with Crippen molar-refractivity contribution in [2.45, 2.75) is 31.2 Å². The number of carbonyl (C=O) groups excluding carboxylic acids is 4. The monoisotopic (exact) mass is 496 g/mol. The second kappa shape index (κ2) is 9.20. The summed E-state index contributed by atoms with van der Waals surface area (Å²) >= 11 is 0. The van der Waals surface area contributed by atoms with Crippen molar-refractivity contribution in [3.8, 4) is 11.1 Å². The highest BCUT2D eigenvalue weighted by molar-refractivity contribution is 6.20. The number of ether oxygens (including phenoxy) is 1. The van der Waals surface area contributed by atoms with Gasteiger partial charge in [0.15, 0.2) is 0 Å². The van der Waals surface area contributed by atoms with Crippen LogP contribution < -0.4 is 5.32 Å². The molecule has 3 amide bonds. The zero-order valence-electron chi connectivity index (χ0n) is 19.9. The summed E-state index contributed by atoms with van der Waals surface area (Å²) in [5, 5.41) is 3.37. The van der Waals surface area contributed by atoms with E-state index in [1.165, 1.54) is 12.1 Å². The highest BCUT2D eigenvalue weighted by Crippen LogP contribution is 2.44. The summed E-state index contributed by atoms with van der Waals surface area (Å²) < 4.78 is 5.61. The van der Waals surface area contributed by atoms with Gasteiger partial charge in [0.05, 0.1) is 17.0 Å². The Morgan fingerprint density at radius 2 is 1.32 bits per heavy atom. The molecule has 0 radical (unpaired) electrons. The van der Waals surface area contributed by atoms with Gasteiger partial charge in [0.25, 0.3) is 11.8 Å². The minimum atomic E-state index is -0.661. The second-order valence-electron chi connectivity index (χ2n) is 9.54. The average molecular weight is 497 g/mol. The molecule has 3 aromatic carbocycles. The lowest BCUT2D eigenvalue weighted by molar-refractivity contribution is -0.173. The van der Waals surface area contributed by atoms with E-state index in [1.807, 2.05) is 24.3 Å². The number of alkyl carbamates (subject to hydrolysis) is 1. The summed E-state index contributed by atoms with van der Waals surface area (Å²) in [4.78, 5) is 55.4. The number of amides is 3. The molecule has 0 saturated heterocycles. The molecule has 2 atom stereocenters. The summed E-state index contributed by atoms with van der Waals surface area (Å²) in [6.45, 7) is 0.206. The fourth-order valence-electron chi connectivity index (χ4n) is 5.55. The molecule has 37 heavy (non-hydrogen) atoms. The third kappa shape index (κ3) is 4.04. The largest absolute Gasteiger partial charge is 0.449 e. The van der Waals surface area contributed by atoms with E-state index in [0.29, 0.717) is 24.3 Å². The van der Waals surface area contributed by atoms with Gasteiger partial charge in [0, 0.05) is 12.0 Å². The predicted octanol–water partition coefficient (Wildman–Crippen LogP) is 4.45. The maximum absolute atomic E-state index is 12.7. The van der Waals surface area contributed by atoms with E-state index in [2.05, 4.69) is 29.6 Å². The van der Waals surface area contributed by atoms with Gasteiger partial charge >= 0.3 is 12.1 Å². The molecule has 0 bridgehead atoms. The minimum absolute atomic E-state index is 0.0379. The van der Waals surface area contributed by atoms with Crippen molar-refractivity contribution < 1.29 is 28.8 Å². The van der Waals surface area contributed by atoms with Crippen molar-refractivity contribution in [2.75, 3.05) is 6.61 Å². The van der Waals surface area contributed by atoms with Crippen molar-refractivity contribution in [3.63, 3.8) is 0 Å². The number of hydrogen-bond donors (Lipinski definition) is 1. The molecule has 1 aliphatic heterocycles. The van der Waals surface area contributed by atoms with Crippen LogP contribution in [0.5, 0.6) is 0 Å². The van der Waals surface area contributed by atoms with Crippen LogP contribution in [0.15, 0.2) is 72.8 Å². The van der Waals surface area contributed by atoms with Gasteiger partial charge in [-0.05, 0) is 53.6 Å². The molecule has 8 heteroatoms. The zero-order chi connectivity index (χ0) is 25.5. The maximum atomic E-state index is 12.7. The lowest BCUT2D eigenvalue weighted by atomic mass is 9.98. The van der Waals surface area contributed by atoms with Crippen LogP contribution in [-0.2, 0) is 14.4 Å². The Bertz CT molecular complexity index is 1350. The Morgan fingerprint density at radius 3 is 1.92 bits per heavy atom. The first-order valence-electron chi connectivity index (χ1n) is 12.3. The topological polar surface area (TPSA) is 102 Å². The van der Waals surface area contributed by atoms with Crippen molar-refractivity contribution in [1.29, 1.82) is 0 Å². The Hall–Kier alpha value is -4.46. The van der Waals surface area contributed by atoms with E-state index in [9.17, 15) is 19.2 Å². The Kier molecular flexibility index (Phi) is 5.71. The number of nitrogens with one attached hydrogen (secondary N) is 1. The number of hydroxylamine groups is 2. The number of rotatable bonds is 5. The first kappa shape index (κ1) is 23.0. The molecule has 1 heterocycles. The van der Waals surface area contributed by atoms with E-state index in [-0.39, 0.29) is 29.7 Å². The smallest absolute Gasteiger partial charge is 0.407 e. The van der Waals surface area contributed by atoms with E-state index in [4.69, 9.17) is 9.57 Å². The van der Waals surface area contributed by atoms with E-state index < -0.39 is 29.8 Å². The Labute approximate surface area is 213 Å². The fourth-order valence-corrected chi connectivity index (χ4v) is 5.55. The van der Waals surface area contributed by atoms with Crippen LogP contribution in [0.1, 0.15) is 57.0 Å². The maximum Gasteiger partial charge on any atom is 0.407 e. The van der Waals surface area contributed by atoms with Gasteiger partial charge in [-0.15, -0.1) is 0 Å². The third-order valence-corrected chi connectivity index (χ3v) is 7.37. The molecular formula is C29H24N2O6. The lowest BCUT2D eigenvalue weighted by Gasteiger charge is -2.17. The standard InChI is InChI=1S/C29H24N2O6/c32-26-23-11-5-6-12-24(23)27(33)31(26)37-28(34)17-13-14-18(15-17)30-29(35)36-16-25-21-9-3-1-7-19(21)20-8-2-4-10-22(20)25/h1-12,17-18,25H,13-16H2,(H,30,35)/t17-,18+/m0/s1. The molecule has 8 nitrogen and oxygen atoms in total. The van der Waals surface area contributed by atoms with Crippen molar-refractivity contribution in [2.24, 2.45) is 5.92 Å². The SMILES string of the molecule is O=C(N[C@@H]1CC[C@H](C(=O)ON2C(=O)c3ccccc3C2=O)C1)OCC1c2ccccc2-c2ccccc21. The van der Waals surface area contributed by atoms with Crippen LogP contribution in [0.4, 0.5) is 4.79 Å². The molecule has 0 aromatic heterocycles. The molecule has 1 N–H and O–H groups in total. The summed E-state index contributed by atoms with van der Waals surface area (Å²) in [7, 11) is 0. The van der Waals surface area contributed by atoms with Crippen molar-refractivity contribution in [1.82, 2.24) is 10.4 Å². The van der Waals surface area contributed by atoms with Crippen LogP contribution >= 0.6 is 0 Å². The van der Waals surface area contributed by atoms with Crippen LogP contribution in [0.3, 0.4) is 0 Å². The number of fused-ring (bicyclic) bond motifs is 4. The molecule has 1 fully saturated rings. The molecular weight excluding hydrogens is 472 g/mol. The first-order valence-corrected chi connectivity index (χ1v) is 12.3. The van der Waals surface area contributed by atoms with Gasteiger partial charge in [-0.25, -0.2) is 9.59 Å². The van der Waals surface area contributed by atoms with Crippen molar-refractivity contribution in [3.05, 3.63) is 95.1 Å². The van der Waals surface area contributed by atoms with Crippen LogP contribution in [0.25, 0.3) is 11.1 Å². The highest BCUT2D eigenvalue weighted by atomic mass is 16.7. The van der Waals surface area contributed by atoms with Crippen LogP contribution in [-0.4, -0.2) is 41.6 Å². The van der Waals surface area contributed by atoms with Gasteiger partial charge in [-0.3, -0.25) is 9.59 Å². The Balaban J connectivity index is 1.02. The van der Waals surface area contributed by atoms with Crippen molar-refractivity contribution >= 4 is 23.9 Å². The van der Waals surface area contributed by atoms with Gasteiger partial charge < -0.3 is 14.9 Å². The average Bonchev–Trinajstić information content (AvgIpc) is 3.58. The molecule has 3 aliphatic rings. The number of nitrogens with zero attached hydrogens (tertiary/aromatic N) is 1. The minimum Gasteiger partial charge on any atom is -0.449 e.